The maximum atomic E-state index is 12.2. The fourth-order valence-corrected chi connectivity index (χ4v) is 4.08. The van der Waals surface area contributed by atoms with Gasteiger partial charge in [0.25, 0.3) is 10.0 Å². The number of aryl methyl sites for hydroxylation is 1. The standard InChI is InChI=1S/C13H15ClN4O2S/c1-13(9-5-3-4-6-10(9)14)7-11(13)16-21(19,20)12-8-18(2)17-15-12/h3-6,8,11,16H,7H2,1-2H3. The molecule has 1 aromatic carbocycles. The Labute approximate surface area is 128 Å². The molecule has 2 atom stereocenters. The number of aromatic nitrogens is 3. The molecule has 2 aromatic rings. The minimum Gasteiger partial charge on any atom is -0.254 e. The largest absolute Gasteiger partial charge is 0.261 e. The number of hydrogen-bond donors (Lipinski definition) is 1. The average molecular weight is 327 g/mol. The Kier molecular flexibility index (Phi) is 3.31. The monoisotopic (exact) mass is 326 g/mol. The van der Waals surface area contributed by atoms with E-state index in [0.29, 0.717) is 11.4 Å². The van der Waals surface area contributed by atoms with Crippen molar-refractivity contribution >= 4 is 21.6 Å². The summed E-state index contributed by atoms with van der Waals surface area (Å²) in [5.74, 6) is 0. The lowest BCUT2D eigenvalue weighted by molar-refractivity contribution is 0.569. The molecule has 0 aliphatic heterocycles. The first-order chi connectivity index (χ1) is 9.83. The minimum absolute atomic E-state index is 0.0709. The zero-order valence-electron chi connectivity index (χ0n) is 11.6. The summed E-state index contributed by atoms with van der Waals surface area (Å²) in [4.78, 5) is 0. The molecule has 0 saturated heterocycles. The second-order valence-electron chi connectivity index (χ2n) is 5.51. The normalized spacial score (nSPS) is 25.0. The molecule has 3 rings (SSSR count). The van der Waals surface area contributed by atoms with Crippen molar-refractivity contribution in [3.8, 4) is 0 Å². The van der Waals surface area contributed by atoms with Gasteiger partial charge in [-0.1, -0.05) is 41.9 Å². The predicted octanol–water partition coefficient (Wildman–Crippen LogP) is 1.48. The Bertz CT molecular complexity index is 789. The van der Waals surface area contributed by atoms with Crippen LogP contribution in [-0.4, -0.2) is 29.5 Å². The number of rotatable bonds is 4. The Morgan fingerprint density at radius 2 is 2.14 bits per heavy atom. The molecule has 1 aliphatic rings. The second kappa shape index (κ2) is 4.79. The highest BCUT2D eigenvalue weighted by molar-refractivity contribution is 7.89. The highest BCUT2D eigenvalue weighted by Crippen LogP contribution is 2.50. The number of halogens is 1. The van der Waals surface area contributed by atoms with E-state index < -0.39 is 10.0 Å². The second-order valence-corrected chi connectivity index (χ2v) is 7.57. The Morgan fingerprint density at radius 1 is 1.43 bits per heavy atom. The van der Waals surface area contributed by atoms with Gasteiger partial charge in [0, 0.05) is 23.5 Å². The molecule has 1 heterocycles. The molecule has 0 amide bonds. The SMILES string of the molecule is Cn1cc(S(=O)(=O)NC2CC2(C)c2ccccc2Cl)nn1. The molecule has 8 heteroatoms. The molecule has 6 nitrogen and oxygen atoms in total. The third kappa shape index (κ3) is 2.56. The van der Waals surface area contributed by atoms with E-state index in [-0.39, 0.29) is 16.5 Å². The highest BCUT2D eigenvalue weighted by Gasteiger charge is 2.54. The molecule has 1 fully saturated rings. The maximum absolute atomic E-state index is 12.2. The first kappa shape index (κ1) is 14.5. The minimum atomic E-state index is -3.66. The van der Waals surface area contributed by atoms with Crippen LogP contribution in [0.1, 0.15) is 18.9 Å². The summed E-state index contributed by atoms with van der Waals surface area (Å²) < 4.78 is 28.5. The molecule has 112 valence electrons. The molecule has 1 aromatic heterocycles. The molecule has 0 spiro atoms. The van der Waals surface area contributed by atoms with Crippen LogP contribution < -0.4 is 4.72 Å². The number of nitrogens with one attached hydrogen (secondary N) is 1. The summed E-state index contributed by atoms with van der Waals surface area (Å²) >= 11 is 6.20. The van der Waals surface area contributed by atoms with Gasteiger partial charge in [-0.05, 0) is 18.1 Å². The number of nitrogens with zero attached hydrogens (tertiary/aromatic N) is 3. The molecule has 1 aliphatic carbocycles. The summed E-state index contributed by atoms with van der Waals surface area (Å²) in [6, 6.07) is 7.31. The first-order valence-corrected chi connectivity index (χ1v) is 8.33. The van der Waals surface area contributed by atoms with Crippen LogP contribution in [0.3, 0.4) is 0 Å². The van der Waals surface area contributed by atoms with Crippen LogP contribution in [0.5, 0.6) is 0 Å². The molecule has 21 heavy (non-hydrogen) atoms. The van der Waals surface area contributed by atoms with E-state index in [1.165, 1.54) is 10.9 Å². The third-order valence-corrected chi connectivity index (χ3v) is 5.54. The summed E-state index contributed by atoms with van der Waals surface area (Å²) in [5.41, 5.74) is 0.673. The molecular weight excluding hydrogens is 312 g/mol. The number of hydrogen-bond acceptors (Lipinski definition) is 4. The van der Waals surface area contributed by atoms with Crippen LogP contribution in [0.4, 0.5) is 0 Å². The van der Waals surface area contributed by atoms with Crippen molar-refractivity contribution in [2.24, 2.45) is 7.05 Å². The Morgan fingerprint density at radius 3 is 2.76 bits per heavy atom. The van der Waals surface area contributed by atoms with E-state index in [4.69, 9.17) is 11.6 Å². The topological polar surface area (TPSA) is 76.9 Å². The molecule has 1 N–H and O–H groups in total. The number of benzene rings is 1. The third-order valence-electron chi connectivity index (χ3n) is 3.88. The summed E-state index contributed by atoms with van der Waals surface area (Å²) in [6.07, 6.45) is 2.08. The van der Waals surface area contributed by atoms with Gasteiger partial charge in [0.2, 0.25) is 5.03 Å². The van der Waals surface area contributed by atoms with Crippen LogP contribution in [0.25, 0.3) is 0 Å². The van der Waals surface area contributed by atoms with Crippen LogP contribution >= 0.6 is 11.6 Å². The van der Waals surface area contributed by atoms with E-state index in [1.807, 2.05) is 31.2 Å². The van der Waals surface area contributed by atoms with Gasteiger partial charge in [-0.15, -0.1) is 5.10 Å². The van der Waals surface area contributed by atoms with Crippen molar-refractivity contribution in [2.45, 2.75) is 29.8 Å². The van der Waals surface area contributed by atoms with Crippen molar-refractivity contribution in [1.29, 1.82) is 0 Å². The van der Waals surface area contributed by atoms with Crippen molar-refractivity contribution in [3.05, 3.63) is 41.0 Å². The van der Waals surface area contributed by atoms with E-state index in [2.05, 4.69) is 15.0 Å². The molecule has 1 saturated carbocycles. The van der Waals surface area contributed by atoms with Gasteiger partial charge >= 0.3 is 0 Å². The van der Waals surface area contributed by atoms with Crippen molar-refractivity contribution in [1.82, 2.24) is 19.7 Å². The molecule has 0 bridgehead atoms. The van der Waals surface area contributed by atoms with Crippen LogP contribution in [-0.2, 0) is 22.5 Å². The van der Waals surface area contributed by atoms with Crippen molar-refractivity contribution in [3.63, 3.8) is 0 Å². The lowest BCUT2D eigenvalue weighted by Crippen LogP contribution is -2.30. The predicted molar refractivity (Wildman–Crippen MR) is 78.5 cm³/mol. The van der Waals surface area contributed by atoms with Gasteiger partial charge < -0.3 is 0 Å². The lowest BCUT2D eigenvalue weighted by atomic mass is 9.97. The molecule has 0 radical (unpaired) electrons. The van der Waals surface area contributed by atoms with Crippen molar-refractivity contribution < 1.29 is 8.42 Å². The number of sulfonamides is 1. The fraction of sp³-hybridized carbons (Fsp3) is 0.385. The van der Waals surface area contributed by atoms with Crippen LogP contribution in [0.2, 0.25) is 5.02 Å². The average Bonchev–Trinajstić information content (AvgIpc) is 2.84. The van der Waals surface area contributed by atoms with E-state index >= 15 is 0 Å². The van der Waals surface area contributed by atoms with Crippen LogP contribution in [0.15, 0.2) is 35.5 Å². The summed E-state index contributed by atoms with van der Waals surface area (Å²) in [6.45, 7) is 2.00. The maximum Gasteiger partial charge on any atom is 0.261 e. The fourth-order valence-electron chi connectivity index (χ4n) is 2.46. The Hall–Kier alpha value is -1.44. The van der Waals surface area contributed by atoms with Gasteiger partial charge in [-0.3, -0.25) is 4.68 Å². The van der Waals surface area contributed by atoms with Gasteiger partial charge in [0.05, 0.1) is 6.20 Å². The lowest BCUT2D eigenvalue weighted by Gasteiger charge is -2.14. The quantitative estimate of drug-likeness (QED) is 0.923. The van der Waals surface area contributed by atoms with Gasteiger partial charge in [-0.25, -0.2) is 13.1 Å². The first-order valence-electron chi connectivity index (χ1n) is 6.46. The van der Waals surface area contributed by atoms with E-state index in [9.17, 15) is 8.42 Å². The molecular formula is C13H15ClN4O2S. The van der Waals surface area contributed by atoms with Gasteiger partial charge in [0.15, 0.2) is 0 Å². The Balaban J connectivity index is 1.81. The highest BCUT2D eigenvalue weighted by atomic mass is 35.5. The zero-order valence-corrected chi connectivity index (χ0v) is 13.2. The van der Waals surface area contributed by atoms with Crippen molar-refractivity contribution in [2.75, 3.05) is 0 Å². The van der Waals surface area contributed by atoms with Crippen LogP contribution in [0, 0.1) is 0 Å². The van der Waals surface area contributed by atoms with Gasteiger partial charge in [-0.2, -0.15) is 0 Å². The summed E-state index contributed by atoms with van der Waals surface area (Å²) in [5, 5.41) is 7.87. The zero-order chi connectivity index (χ0) is 15.3. The van der Waals surface area contributed by atoms with E-state index in [0.717, 1.165) is 5.56 Å². The smallest absolute Gasteiger partial charge is 0.254 e. The van der Waals surface area contributed by atoms with Gasteiger partial charge in [0.1, 0.15) is 0 Å². The van der Waals surface area contributed by atoms with E-state index in [1.54, 1.807) is 7.05 Å². The summed E-state index contributed by atoms with van der Waals surface area (Å²) in [7, 11) is -2.03. The molecule has 2 unspecified atom stereocenters.